The van der Waals surface area contributed by atoms with E-state index in [1.165, 1.54) is 54.9 Å². The van der Waals surface area contributed by atoms with Crippen molar-refractivity contribution in [1.82, 2.24) is 0 Å². The normalized spacial score (nSPS) is 13.7. The third-order valence-corrected chi connectivity index (χ3v) is 16.3. The van der Waals surface area contributed by atoms with Crippen LogP contribution in [0.1, 0.15) is 44.5 Å². The van der Waals surface area contributed by atoms with E-state index in [4.69, 9.17) is 9.47 Å². The first-order chi connectivity index (χ1) is 37.7. The topological polar surface area (TPSA) is 18.5 Å². The van der Waals surface area contributed by atoms with E-state index < -0.39 is 10.8 Å². The average Bonchev–Trinajstić information content (AvgIpc) is 3.67. The molecule has 15 rings (SSSR count). The van der Waals surface area contributed by atoms with Crippen molar-refractivity contribution in [1.29, 1.82) is 0 Å². The molecule has 0 aliphatic carbocycles. The molecule has 0 fully saturated rings. The SMILES string of the molecule is c1ccc(C2(c3ccccc3)c3ccccc3Oc3cccc(-c4cccc5c(-c6cccc7ccccc67)c6cccc(-c7cccc8c7C(c7ccccc7)(c7ccccc7)c7ccccc7O8)c6cc45)c32)cc1. The predicted octanol–water partition coefficient (Wildman–Crippen LogP) is 19.1. The van der Waals surface area contributed by atoms with E-state index in [9.17, 15) is 0 Å². The lowest BCUT2D eigenvalue weighted by atomic mass is 9.62. The van der Waals surface area contributed by atoms with Gasteiger partial charge in [0.15, 0.2) is 0 Å². The van der Waals surface area contributed by atoms with Gasteiger partial charge in [0.05, 0.1) is 10.8 Å². The maximum atomic E-state index is 7.10. The number of rotatable bonds is 7. The molecule has 0 amide bonds. The van der Waals surface area contributed by atoms with Crippen LogP contribution in [0.4, 0.5) is 0 Å². The second-order valence-electron chi connectivity index (χ2n) is 20.1. The van der Waals surface area contributed by atoms with E-state index in [0.717, 1.165) is 78.3 Å². The molecule has 0 saturated heterocycles. The molecule has 0 saturated carbocycles. The zero-order valence-corrected chi connectivity index (χ0v) is 41.5. The third-order valence-electron chi connectivity index (χ3n) is 16.3. The summed E-state index contributed by atoms with van der Waals surface area (Å²) in [6, 6.07) is 106. The minimum Gasteiger partial charge on any atom is -0.457 e. The smallest absolute Gasteiger partial charge is 0.132 e. The highest BCUT2D eigenvalue weighted by atomic mass is 16.5. The van der Waals surface area contributed by atoms with Crippen LogP contribution in [0.2, 0.25) is 0 Å². The Balaban J connectivity index is 1.09. The first-order valence-corrected chi connectivity index (χ1v) is 26.2. The number of benzene rings is 13. The summed E-state index contributed by atoms with van der Waals surface area (Å²) >= 11 is 0. The number of ether oxygens (including phenoxy) is 2. The highest BCUT2D eigenvalue weighted by Gasteiger charge is 2.48. The zero-order valence-electron chi connectivity index (χ0n) is 41.5. The standard InChI is InChI=1S/C74H48O2/c1-5-26-50(27-6-1)73(51-28-7-2-8-29-51)64-42-15-17-44-66(64)75-68-46-22-40-60(71(68)73)55-35-20-38-58-62(55)48-63-56(36-21-39-59(63)70(58)57-37-19-25-49-24-13-14-34-54(49)57)61-41-23-47-69-72(61)74(52-30-9-3-10-31-52,53-32-11-4-12-33-53)65-43-16-18-45-67(65)76-69/h1-48H. The van der Waals surface area contributed by atoms with Crippen molar-refractivity contribution in [2.45, 2.75) is 10.8 Å². The van der Waals surface area contributed by atoms with Gasteiger partial charge in [-0.1, -0.05) is 261 Å². The molecular formula is C74H48O2. The van der Waals surface area contributed by atoms with Gasteiger partial charge in [-0.05, 0) is 118 Å². The molecule has 0 spiro atoms. The number of hydrogen-bond donors (Lipinski definition) is 0. The quantitative estimate of drug-likeness (QED) is 0.148. The van der Waals surface area contributed by atoms with Crippen LogP contribution < -0.4 is 9.47 Å². The summed E-state index contributed by atoms with van der Waals surface area (Å²) in [6.45, 7) is 0. The van der Waals surface area contributed by atoms with E-state index in [1.807, 2.05) is 0 Å². The molecule has 76 heavy (non-hydrogen) atoms. The monoisotopic (exact) mass is 968 g/mol. The molecule has 356 valence electrons. The fraction of sp³-hybridized carbons (Fsp3) is 0.0270. The largest absolute Gasteiger partial charge is 0.457 e. The fourth-order valence-corrected chi connectivity index (χ4v) is 13.3. The lowest BCUT2D eigenvalue weighted by Crippen LogP contribution is -2.34. The van der Waals surface area contributed by atoms with Crippen molar-refractivity contribution in [3.05, 3.63) is 336 Å². The van der Waals surface area contributed by atoms with Gasteiger partial charge in [0, 0.05) is 22.3 Å². The Kier molecular flexibility index (Phi) is 10.0. The lowest BCUT2D eigenvalue weighted by molar-refractivity contribution is 0.435. The Morgan fingerprint density at radius 2 is 0.553 bits per heavy atom. The second-order valence-corrected chi connectivity index (χ2v) is 20.1. The summed E-state index contributed by atoms with van der Waals surface area (Å²) in [7, 11) is 0. The summed E-state index contributed by atoms with van der Waals surface area (Å²) in [5, 5.41) is 7.05. The predicted molar refractivity (Wildman–Crippen MR) is 312 cm³/mol. The molecule has 0 N–H and O–H groups in total. The van der Waals surface area contributed by atoms with Gasteiger partial charge in [-0.3, -0.25) is 0 Å². The van der Waals surface area contributed by atoms with E-state index in [0.29, 0.717) is 0 Å². The van der Waals surface area contributed by atoms with Gasteiger partial charge < -0.3 is 9.47 Å². The summed E-state index contributed by atoms with van der Waals surface area (Å²) in [4.78, 5) is 0. The highest BCUT2D eigenvalue weighted by Crippen LogP contribution is 2.61. The Bertz CT molecular complexity index is 4060. The second kappa shape index (κ2) is 17.4. The number of hydrogen-bond acceptors (Lipinski definition) is 2. The van der Waals surface area contributed by atoms with Gasteiger partial charge in [-0.2, -0.15) is 0 Å². The summed E-state index contributed by atoms with van der Waals surface area (Å²) in [5.74, 6) is 3.38. The van der Waals surface area contributed by atoms with Crippen molar-refractivity contribution in [3.8, 4) is 56.4 Å². The number of para-hydroxylation sites is 2. The maximum absolute atomic E-state index is 7.10. The molecule has 2 aliphatic heterocycles. The van der Waals surface area contributed by atoms with Crippen LogP contribution in [0.15, 0.2) is 291 Å². The van der Waals surface area contributed by atoms with Gasteiger partial charge in [0.2, 0.25) is 0 Å². The Hall–Kier alpha value is -9.76. The Labute approximate surface area is 442 Å². The van der Waals surface area contributed by atoms with E-state index in [1.54, 1.807) is 0 Å². The highest BCUT2D eigenvalue weighted by molar-refractivity contribution is 6.22. The van der Waals surface area contributed by atoms with Crippen LogP contribution in [-0.4, -0.2) is 0 Å². The first-order valence-electron chi connectivity index (χ1n) is 26.2. The zero-order chi connectivity index (χ0) is 50.2. The van der Waals surface area contributed by atoms with E-state index >= 15 is 0 Å². The number of fused-ring (bicyclic) bond motifs is 7. The first kappa shape index (κ1) is 43.8. The van der Waals surface area contributed by atoms with E-state index in [2.05, 4.69) is 291 Å². The van der Waals surface area contributed by atoms with Crippen molar-refractivity contribution in [2.24, 2.45) is 0 Å². The molecule has 0 aromatic heterocycles. The minimum absolute atomic E-state index is 0.733. The molecular weight excluding hydrogens is 921 g/mol. The van der Waals surface area contributed by atoms with Crippen molar-refractivity contribution in [2.75, 3.05) is 0 Å². The van der Waals surface area contributed by atoms with Crippen molar-refractivity contribution >= 4 is 32.3 Å². The van der Waals surface area contributed by atoms with E-state index in [-0.39, 0.29) is 0 Å². The van der Waals surface area contributed by atoms with Gasteiger partial charge >= 0.3 is 0 Å². The van der Waals surface area contributed by atoms with Crippen molar-refractivity contribution < 1.29 is 9.47 Å². The third kappa shape index (κ3) is 6.34. The molecule has 0 radical (unpaired) electrons. The summed E-state index contributed by atoms with van der Waals surface area (Å²) < 4.78 is 14.2. The van der Waals surface area contributed by atoms with Crippen LogP contribution in [0.25, 0.3) is 65.7 Å². The summed E-state index contributed by atoms with van der Waals surface area (Å²) in [5.41, 5.74) is 14.5. The Morgan fingerprint density at radius 1 is 0.224 bits per heavy atom. The minimum atomic E-state index is -0.733. The summed E-state index contributed by atoms with van der Waals surface area (Å²) in [6.07, 6.45) is 0. The maximum Gasteiger partial charge on any atom is 0.132 e. The molecule has 2 aliphatic rings. The molecule has 2 heterocycles. The lowest BCUT2D eigenvalue weighted by Gasteiger charge is -2.43. The molecule has 13 aromatic rings. The molecule has 2 nitrogen and oxygen atoms in total. The van der Waals surface area contributed by atoms with Crippen molar-refractivity contribution in [3.63, 3.8) is 0 Å². The van der Waals surface area contributed by atoms with Gasteiger partial charge in [0.1, 0.15) is 23.0 Å². The van der Waals surface area contributed by atoms with Gasteiger partial charge in [-0.15, -0.1) is 0 Å². The van der Waals surface area contributed by atoms with Crippen LogP contribution in [-0.2, 0) is 10.8 Å². The van der Waals surface area contributed by atoms with Crippen LogP contribution in [0, 0.1) is 0 Å². The van der Waals surface area contributed by atoms with Crippen LogP contribution >= 0.6 is 0 Å². The molecule has 0 atom stereocenters. The molecule has 0 unspecified atom stereocenters. The van der Waals surface area contributed by atoms with Gasteiger partial charge in [-0.25, -0.2) is 0 Å². The fourth-order valence-electron chi connectivity index (χ4n) is 13.3. The van der Waals surface area contributed by atoms with Crippen LogP contribution in [0.5, 0.6) is 23.0 Å². The molecule has 0 bridgehead atoms. The average molecular weight is 969 g/mol. The van der Waals surface area contributed by atoms with Crippen LogP contribution in [0.3, 0.4) is 0 Å². The van der Waals surface area contributed by atoms with Gasteiger partial charge in [0.25, 0.3) is 0 Å². The molecule has 13 aromatic carbocycles. The Morgan fingerprint density at radius 3 is 1.03 bits per heavy atom. The molecule has 2 heteroatoms.